The Morgan fingerprint density at radius 1 is 1.60 bits per heavy atom. The number of aliphatic hydroxyl groups is 1. The van der Waals surface area contributed by atoms with E-state index < -0.39 is 6.10 Å². The second-order valence-corrected chi connectivity index (χ2v) is 3.43. The molecule has 1 N–H and O–H groups in total. The predicted octanol–water partition coefficient (Wildman–Crippen LogP) is 1.23. The Bertz CT molecular complexity index is 330. The fourth-order valence-electron chi connectivity index (χ4n) is 1.19. The third kappa shape index (κ3) is 4.09. The highest BCUT2D eigenvalue weighted by Crippen LogP contribution is 2.05. The molecule has 1 heterocycles. The van der Waals surface area contributed by atoms with Gasteiger partial charge in [0.2, 0.25) is 5.89 Å². The van der Waals surface area contributed by atoms with E-state index in [4.69, 9.17) is 9.78 Å². The molecule has 0 saturated heterocycles. The Morgan fingerprint density at radius 3 is 3.07 bits per heavy atom. The molecular formula is C10H15N3O2. The summed E-state index contributed by atoms with van der Waals surface area (Å²) in [5.74, 6) is 1.08. The number of unbranched alkanes of at least 4 members (excludes halogenated alkanes) is 1. The molecule has 5 heteroatoms. The van der Waals surface area contributed by atoms with Gasteiger partial charge in [-0.3, -0.25) is 0 Å². The number of aromatic nitrogens is 2. The van der Waals surface area contributed by atoms with E-state index >= 15 is 0 Å². The Hall–Kier alpha value is -1.41. The minimum atomic E-state index is -0.713. The van der Waals surface area contributed by atoms with E-state index in [9.17, 15) is 5.11 Å². The van der Waals surface area contributed by atoms with Crippen LogP contribution in [0.3, 0.4) is 0 Å². The van der Waals surface area contributed by atoms with Crippen LogP contribution in [0.15, 0.2) is 4.52 Å². The highest BCUT2D eigenvalue weighted by Gasteiger charge is 2.11. The zero-order valence-corrected chi connectivity index (χ0v) is 8.81. The summed E-state index contributed by atoms with van der Waals surface area (Å²) >= 11 is 0. The summed E-state index contributed by atoms with van der Waals surface area (Å²) in [5, 5.41) is 21.5. The molecular weight excluding hydrogens is 194 g/mol. The molecule has 1 atom stereocenters. The van der Waals surface area contributed by atoms with Crippen molar-refractivity contribution >= 4 is 0 Å². The largest absolute Gasteiger partial charge is 0.392 e. The maximum Gasteiger partial charge on any atom is 0.229 e. The molecule has 1 aromatic heterocycles. The molecule has 0 amide bonds. The van der Waals surface area contributed by atoms with Crippen LogP contribution in [0, 0.1) is 11.3 Å². The number of nitrogens with zero attached hydrogens (tertiary/aromatic N) is 3. The average Bonchev–Trinajstić information content (AvgIpc) is 2.63. The SMILES string of the molecule is CCCCc1noc(CC(O)CC#N)n1. The summed E-state index contributed by atoms with van der Waals surface area (Å²) in [4.78, 5) is 4.12. The third-order valence-corrected chi connectivity index (χ3v) is 2.00. The predicted molar refractivity (Wildman–Crippen MR) is 52.9 cm³/mol. The van der Waals surface area contributed by atoms with Crippen LogP contribution in [-0.2, 0) is 12.8 Å². The Morgan fingerprint density at radius 2 is 2.40 bits per heavy atom. The van der Waals surface area contributed by atoms with Gasteiger partial charge >= 0.3 is 0 Å². The van der Waals surface area contributed by atoms with E-state index in [1.807, 2.05) is 6.07 Å². The maximum atomic E-state index is 9.34. The minimum absolute atomic E-state index is 0.0900. The summed E-state index contributed by atoms with van der Waals surface area (Å²) < 4.78 is 4.95. The summed E-state index contributed by atoms with van der Waals surface area (Å²) in [6.45, 7) is 2.09. The van der Waals surface area contributed by atoms with Gasteiger partial charge in [-0.15, -0.1) is 0 Å². The molecule has 0 fully saturated rings. The van der Waals surface area contributed by atoms with E-state index in [0.717, 1.165) is 19.3 Å². The lowest BCUT2D eigenvalue weighted by molar-refractivity contribution is 0.167. The van der Waals surface area contributed by atoms with E-state index in [1.165, 1.54) is 0 Å². The number of nitriles is 1. The fourth-order valence-corrected chi connectivity index (χ4v) is 1.19. The van der Waals surface area contributed by atoms with Gasteiger partial charge in [-0.25, -0.2) is 0 Å². The molecule has 5 nitrogen and oxygen atoms in total. The van der Waals surface area contributed by atoms with E-state index in [1.54, 1.807) is 0 Å². The molecule has 82 valence electrons. The van der Waals surface area contributed by atoms with Crippen LogP contribution in [-0.4, -0.2) is 21.4 Å². The van der Waals surface area contributed by atoms with Crippen molar-refractivity contribution in [1.29, 1.82) is 5.26 Å². The quantitative estimate of drug-likeness (QED) is 0.761. The van der Waals surface area contributed by atoms with Gasteiger partial charge in [-0.05, 0) is 6.42 Å². The van der Waals surface area contributed by atoms with Gasteiger partial charge in [0.1, 0.15) is 0 Å². The number of aryl methyl sites for hydroxylation is 1. The fraction of sp³-hybridized carbons (Fsp3) is 0.700. The van der Waals surface area contributed by atoms with E-state index in [0.29, 0.717) is 11.7 Å². The molecule has 0 spiro atoms. The van der Waals surface area contributed by atoms with E-state index in [2.05, 4.69) is 17.1 Å². The van der Waals surface area contributed by atoms with Crippen molar-refractivity contribution in [3.63, 3.8) is 0 Å². The third-order valence-electron chi connectivity index (χ3n) is 2.00. The first-order chi connectivity index (χ1) is 7.26. The normalized spacial score (nSPS) is 12.3. The highest BCUT2D eigenvalue weighted by atomic mass is 16.5. The van der Waals surface area contributed by atoms with Crippen molar-refractivity contribution in [1.82, 2.24) is 10.1 Å². The molecule has 15 heavy (non-hydrogen) atoms. The Labute approximate surface area is 88.7 Å². The van der Waals surface area contributed by atoms with Gasteiger partial charge < -0.3 is 9.63 Å². The number of hydrogen-bond donors (Lipinski definition) is 1. The van der Waals surface area contributed by atoms with Gasteiger partial charge in [0.15, 0.2) is 5.82 Å². The van der Waals surface area contributed by atoms with Crippen molar-refractivity contribution in [3.8, 4) is 6.07 Å². The van der Waals surface area contributed by atoms with Gasteiger partial charge in [-0.1, -0.05) is 18.5 Å². The highest BCUT2D eigenvalue weighted by molar-refractivity contribution is 4.90. The van der Waals surface area contributed by atoms with Gasteiger partial charge in [0, 0.05) is 6.42 Å². The molecule has 0 bridgehead atoms. The van der Waals surface area contributed by atoms with Crippen molar-refractivity contribution in [2.75, 3.05) is 0 Å². The lowest BCUT2D eigenvalue weighted by Crippen LogP contribution is -2.09. The smallest absolute Gasteiger partial charge is 0.229 e. The summed E-state index contributed by atoms with van der Waals surface area (Å²) in [7, 11) is 0. The lowest BCUT2D eigenvalue weighted by Gasteiger charge is -1.99. The summed E-state index contributed by atoms with van der Waals surface area (Å²) in [6.07, 6.45) is 2.54. The molecule has 1 rings (SSSR count). The van der Waals surface area contributed by atoms with Gasteiger partial charge in [-0.2, -0.15) is 10.2 Å². The Balaban J connectivity index is 2.42. The molecule has 0 aliphatic heterocycles. The monoisotopic (exact) mass is 209 g/mol. The van der Waals surface area contributed by atoms with E-state index in [-0.39, 0.29) is 12.8 Å². The number of aliphatic hydroxyl groups excluding tert-OH is 1. The van der Waals surface area contributed by atoms with Crippen molar-refractivity contribution < 1.29 is 9.63 Å². The minimum Gasteiger partial charge on any atom is -0.392 e. The summed E-state index contributed by atoms with van der Waals surface area (Å²) in [6, 6.07) is 1.89. The van der Waals surface area contributed by atoms with Gasteiger partial charge in [0.25, 0.3) is 0 Å². The molecule has 0 aliphatic carbocycles. The van der Waals surface area contributed by atoms with Crippen molar-refractivity contribution in [3.05, 3.63) is 11.7 Å². The van der Waals surface area contributed by atoms with Crippen LogP contribution in [0.4, 0.5) is 0 Å². The van der Waals surface area contributed by atoms with Crippen LogP contribution >= 0.6 is 0 Å². The van der Waals surface area contributed by atoms with Gasteiger partial charge in [0.05, 0.1) is 25.0 Å². The molecule has 0 saturated carbocycles. The van der Waals surface area contributed by atoms with Crippen molar-refractivity contribution in [2.45, 2.75) is 45.1 Å². The lowest BCUT2D eigenvalue weighted by atomic mass is 10.2. The van der Waals surface area contributed by atoms with Crippen LogP contribution in [0.2, 0.25) is 0 Å². The summed E-state index contributed by atoms with van der Waals surface area (Å²) in [5.41, 5.74) is 0. The van der Waals surface area contributed by atoms with Crippen molar-refractivity contribution in [2.24, 2.45) is 0 Å². The molecule has 0 aromatic carbocycles. The Kier molecular flexibility index (Phi) is 4.78. The molecule has 0 aliphatic rings. The average molecular weight is 209 g/mol. The topological polar surface area (TPSA) is 82.9 Å². The van der Waals surface area contributed by atoms with Crippen LogP contribution in [0.1, 0.15) is 37.9 Å². The number of hydrogen-bond acceptors (Lipinski definition) is 5. The standard InChI is InChI=1S/C10H15N3O2/c1-2-3-4-9-12-10(15-13-9)7-8(14)5-6-11/h8,14H,2-5,7H2,1H3. The number of rotatable bonds is 6. The first kappa shape index (κ1) is 11.7. The first-order valence-corrected chi connectivity index (χ1v) is 5.12. The van der Waals surface area contributed by atoms with Crippen LogP contribution in [0.5, 0.6) is 0 Å². The zero-order chi connectivity index (χ0) is 11.1. The molecule has 0 radical (unpaired) electrons. The zero-order valence-electron chi connectivity index (χ0n) is 8.81. The van der Waals surface area contributed by atoms with Crippen LogP contribution < -0.4 is 0 Å². The van der Waals surface area contributed by atoms with Crippen LogP contribution in [0.25, 0.3) is 0 Å². The first-order valence-electron chi connectivity index (χ1n) is 5.12. The molecule has 1 unspecified atom stereocenters. The maximum absolute atomic E-state index is 9.34. The molecule has 1 aromatic rings. The second kappa shape index (κ2) is 6.14. The second-order valence-electron chi connectivity index (χ2n) is 3.43.